The van der Waals surface area contributed by atoms with Gasteiger partial charge in [-0.05, 0) is 17.7 Å². The van der Waals surface area contributed by atoms with Crippen molar-refractivity contribution in [2.75, 3.05) is 18.5 Å². The standard InChI is InChI=1S/C20H18N2O3S/c23-19(21-15-6-7-17-18(11-15)25-9-8-24-17)12-16-13-26-20(22-16)10-14-4-2-1-3-5-14/h1-7,11,13H,8-10,12H2,(H,21,23). The Kier molecular flexibility index (Phi) is 4.84. The second-order valence-electron chi connectivity index (χ2n) is 5.98. The van der Waals surface area contributed by atoms with Crippen molar-refractivity contribution < 1.29 is 14.3 Å². The van der Waals surface area contributed by atoms with Crippen LogP contribution in [0.25, 0.3) is 0 Å². The molecule has 0 unspecified atom stereocenters. The van der Waals surface area contributed by atoms with E-state index in [1.165, 1.54) is 5.56 Å². The van der Waals surface area contributed by atoms with Gasteiger partial charge >= 0.3 is 0 Å². The Balaban J connectivity index is 1.36. The minimum Gasteiger partial charge on any atom is -0.486 e. The largest absolute Gasteiger partial charge is 0.486 e. The summed E-state index contributed by atoms with van der Waals surface area (Å²) in [6.45, 7) is 1.07. The molecule has 6 heteroatoms. The lowest BCUT2D eigenvalue weighted by molar-refractivity contribution is -0.115. The molecule has 1 N–H and O–H groups in total. The molecular weight excluding hydrogens is 348 g/mol. The number of carbonyl (C=O) groups is 1. The summed E-state index contributed by atoms with van der Waals surface area (Å²) in [6.07, 6.45) is 1.04. The Morgan fingerprint density at radius 2 is 1.88 bits per heavy atom. The predicted molar refractivity (Wildman–Crippen MR) is 101 cm³/mol. The van der Waals surface area contributed by atoms with E-state index in [-0.39, 0.29) is 12.3 Å². The van der Waals surface area contributed by atoms with Gasteiger partial charge in [0.25, 0.3) is 0 Å². The van der Waals surface area contributed by atoms with Gasteiger partial charge in [-0.15, -0.1) is 11.3 Å². The average Bonchev–Trinajstić information content (AvgIpc) is 3.09. The van der Waals surface area contributed by atoms with Crippen LogP contribution in [0.15, 0.2) is 53.9 Å². The van der Waals surface area contributed by atoms with Crippen LogP contribution in [0.2, 0.25) is 0 Å². The van der Waals surface area contributed by atoms with Crippen molar-refractivity contribution in [1.29, 1.82) is 0 Å². The molecule has 0 saturated carbocycles. The summed E-state index contributed by atoms with van der Waals surface area (Å²) < 4.78 is 11.0. The maximum Gasteiger partial charge on any atom is 0.230 e. The maximum absolute atomic E-state index is 12.3. The number of nitrogens with one attached hydrogen (secondary N) is 1. The van der Waals surface area contributed by atoms with Crippen molar-refractivity contribution in [2.24, 2.45) is 0 Å². The Bertz CT molecular complexity index is 908. The van der Waals surface area contributed by atoms with Crippen molar-refractivity contribution >= 4 is 22.9 Å². The van der Waals surface area contributed by atoms with Crippen molar-refractivity contribution in [2.45, 2.75) is 12.8 Å². The molecule has 0 atom stereocenters. The second-order valence-corrected chi connectivity index (χ2v) is 6.92. The lowest BCUT2D eigenvalue weighted by atomic mass is 10.2. The molecule has 1 aliphatic heterocycles. The highest BCUT2D eigenvalue weighted by molar-refractivity contribution is 7.09. The lowest BCUT2D eigenvalue weighted by Gasteiger charge is -2.18. The fourth-order valence-electron chi connectivity index (χ4n) is 2.77. The molecule has 0 spiro atoms. The Morgan fingerprint density at radius 3 is 2.73 bits per heavy atom. The number of aromatic nitrogens is 1. The van der Waals surface area contributed by atoms with Crippen LogP contribution in [0.1, 0.15) is 16.3 Å². The first-order valence-electron chi connectivity index (χ1n) is 8.43. The highest BCUT2D eigenvalue weighted by Crippen LogP contribution is 2.32. The zero-order valence-electron chi connectivity index (χ0n) is 14.1. The zero-order chi connectivity index (χ0) is 17.8. The smallest absolute Gasteiger partial charge is 0.230 e. The van der Waals surface area contributed by atoms with Crippen LogP contribution >= 0.6 is 11.3 Å². The van der Waals surface area contributed by atoms with E-state index < -0.39 is 0 Å². The molecule has 4 rings (SSSR count). The molecule has 0 aliphatic carbocycles. The van der Waals surface area contributed by atoms with Gasteiger partial charge in [0.2, 0.25) is 5.91 Å². The van der Waals surface area contributed by atoms with Crippen molar-refractivity contribution in [3.05, 3.63) is 70.2 Å². The first-order chi connectivity index (χ1) is 12.8. The van der Waals surface area contributed by atoms with Crippen LogP contribution in [-0.2, 0) is 17.6 Å². The van der Waals surface area contributed by atoms with Crippen LogP contribution in [-0.4, -0.2) is 24.1 Å². The number of amides is 1. The van der Waals surface area contributed by atoms with E-state index in [0.717, 1.165) is 17.1 Å². The summed E-state index contributed by atoms with van der Waals surface area (Å²) in [4.78, 5) is 16.9. The summed E-state index contributed by atoms with van der Waals surface area (Å²) in [5, 5.41) is 5.85. The fraction of sp³-hybridized carbons (Fsp3) is 0.200. The van der Waals surface area contributed by atoms with Crippen LogP contribution in [0, 0.1) is 0 Å². The van der Waals surface area contributed by atoms with Crippen molar-refractivity contribution in [3.8, 4) is 11.5 Å². The quantitative estimate of drug-likeness (QED) is 0.748. The summed E-state index contributed by atoms with van der Waals surface area (Å²) in [7, 11) is 0. The van der Waals surface area contributed by atoms with Gasteiger partial charge in [-0.1, -0.05) is 30.3 Å². The molecule has 2 heterocycles. The van der Waals surface area contributed by atoms with E-state index in [9.17, 15) is 4.79 Å². The first kappa shape index (κ1) is 16.6. The summed E-state index contributed by atoms with van der Waals surface area (Å²) >= 11 is 1.58. The van der Waals surface area contributed by atoms with Gasteiger partial charge in [-0.3, -0.25) is 4.79 Å². The molecule has 0 saturated heterocycles. The fourth-order valence-corrected chi connectivity index (χ4v) is 3.60. The molecule has 3 aromatic rings. The van der Waals surface area contributed by atoms with Gasteiger partial charge < -0.3 is 14.8 Å². The molecular formula is C20H18N2O3S. The highest BCUT2D eigenvalue weighted by atomic mass is 32.1. The third kappa shape index (κ3) is 4.03. The van der Waals surface area contributed by atoms with E-state index >= 15 is 0 Å². The minimum absolute atomic E-state index is 0.0989. The number of hydrogen-bond acceptors (Lipinski definition) is 5. The molecule has 2 aromatic carbocycles. The van der Waals surface area contributed by atoms with Crippen LogP contribution in [0.5, 0.6) is 11.5 Å². The van der Waals surface area contributed by atoms with E-state index in [4.69, 9.17) is 9.47 Å². The molecule has 0 radical (unpaired) electrons. The number of carbonyl (C=O) groups excluding carboxylic acids is 1. The molecule has 0 bridgehead atoms. The predicted octanol–water partition coefficient (Wildman–Crippen LogP) is 3.69. The third-order valence-corrected chi connectivity index (χ3v) is 4.86. The minimum atomic E-state index is -0.0989. The lowest BCUT2D eigenvalue weighted by Crippen LogP contribution is -2.17. The summed E-state index contributed by atoms with van der Waals surface area (Å²) in [5.41, 5.74) is 2.70. The van der Waals surface area contributed by atoms with Crippen LogP contribution < -0.4 is 14.8 Å². The maximum atomic E-state index is 12.3. The van der Waals surface area contributed by atoms with E-state index in [1.54, 1.807) is 17.4 Å². The molecule has 132 valence electrons. The van der Waals surface area contributed by atoms with Crippen LogP contribution in [0.4, 0.5) is 5.69 Å². The van der Waals surface area contributed by atoms with Gasteiger partial charge in [0.15, 0.2) is 11.5 Å². The topological polar surface area (TPSA) is 60.5 Å². The molecule has 1 aromatic heterocycles. The van der Waals surface area contributed by atoms with Gasteiger partial charge in [-0.25, -0.2) is 4.98 Å². The number of hydrogen-bond donors (Lipinski definition) is 1. The third-order valence-electron chi connectivity index (χ3n) is 3.97. The van der Waals surface area contributed by atoms with Crippen molar-refractivity contribution in [3.63, 3.8) is 0 Å². The molecule has 26 heavy (non-hydrogen) atoms. The Hall–Kier alpha value is -2.86. The molecule has 0 fully saturated rings. The van der Waals surface area contributed by atoms with Gasteiger partial charge in [0.1, 0.15) is 13.2 Å². The number of nitrogens with zero attached hydrogens (tertiary/aromatic N) is 1. The molecule has 5 nitrogen and oxygen atoms in total. The normalized spacial score (nSPS) is 12.6. The number of rotatable bonds is 5. The van der Waals surface area contributed by atoms with Gasteiger partial charge in [0.05, 0.1) is 17.1 Å². The van der Waals surface area contributed by atoms with E-state index in [2.05, 4.69) is 22.4 Å². The molecule has 1 aliphatic rings. The van der Waals surface area contributed by atoms with Gasteiger partial charge in [0, 0.05) is 23.6 Å². The Morgan fingerprint density at radius 1 is 1.08 bits per heavy atom. The van der Waals surface area contributed by atoms with E-state index in [1.807, 2.05) is 35.7 Å². The number of anilines is 1. The number of thiazole rings is 1. The summed E-state index contributed by atoms with van der Waals surface area (Å²) in [5.74, 6) is 1.27. The Labute approximate surface area is 155 Å². The van der Waals surface area contributed by atoms with Crippen molar-refractivity contribution in [1.82, 2.24) is 4.98 Å². The number of fused-ring (bicyclic) bond motifs is 1. The summed E-state index contributed by atoms with van der Waals surface area (Å²) in [6, 6.07) is 15.6. The first-order valence-corrected chi connectivity index (χ1v) is 9.31. The van der Waals surface area contributed by atoms with E-state index in [0.29, 0.717) is 30.4 Å². The molecule has 1 amide bonds. The van der Waals surface area contributed by atoms with Gasteiger partial charge in [-0.2, -0.15) is 0 Å². The second kappa shape index (κ2) is 7.58. The SMILES string of the molecule is O=C(Cc1csc(Cc2ccccc2)n1)Nc1ccc2c(c1)OCCO2. The average molecular weight is 366 g/mol. The number of benzene rings is 2. The zero-order valence-corrected chi connectivity index (χ0v) is 14.9. The number of ether oxygens (including phenoxy) is 2. The monoisotopic (exact) mass is 366 g/mol. The van der Waals surface area contributed by atoms with Crippen LogP contribution in [0.3, 0.4) is 0 Å². The highest BCUT2D eigenvalue weighted by Gasteiger charge is 2.13.